The number of ketones is 1. The maximum atomic E-state index is 14.4. The van der Waals surface area contributed by atoms with Crippen LogP contribution in [0.15, 0.2) is 43.0 Å². The molecule has 5 amide bonds. The number of carbonyl (C=O) groups is 6. The van der Waals surface area contributed by atoms with Gasteiger partial charge in [-0.1, -0.05) is 24.3 Å². The smallest absolute Gasteiger partial charge is 0.410 e. The number of sulfonamides is 1. The highest BCUT2D eigenvalue weighted by Crippen LogP contribution is 2.45. The van der Waals surface area contributed by atoms with Gasteiger partial charge in [0.1, 0.15) is 35.1 Å². The van der Waals surface area contributed by atoms with E-state index in [1.165, 1.54) is 35.3 Å². The van der Waals surface area contributed by atoms with Gasteiger partial charge in [0.15, 0.2) is 5.78 Å². The largest absolute Gasteiger partial charge is 0.444 e. The zero-order valence-corrected chi connectivity index (χ0v) is 31.0. The van der Waals surface area contributed by atoms with Gasteiger partial charge in [-0.2, -0.15) is 0 Å². The molecular formula is C36H46FN5O10S. The minimum Gasteiger partial charge on any atom is -0.444 e. The van der Waals surface area contributed by atoms with E-state index >= 15 is 0 Å². The van der Waals surface area contributed by atoms with Crippen LogP contribution in [0, 0.1) is 11.7 Å². The molecule has 15 nitrogen and oxygen atoms in total. The van der Waals surface area contributed by atoms with E-state index < -0.39 is 86.2 Å². The summed E-state index contributed by atoms with van der Waals surface area (Å²) in [5, 5.41) is 4.46. The summed E-state index contributed by atoms with van der Waals surface area (Å²) in [5.74, 6) is -3.96. The van der Waals surface area contributed by atoms with Crippen molar-refractivity contribution in [2.45, 2.75) is 114 Å². The van der Waals surface area contributed by atoms with Crippen LogP contribution in [-0.4, -0.2) is 95.0 Å². The van der Waals surface area contributed by atoms with Gasteiger partial charge in [-0.3, -0.25) is 28.8 Å². The van der Waals surface area contributed by atoms with Gasteiger partial charge in [-0.25, -0.2) is 22.4 Å². The number of nitrogens with one attached hydrogen (secondary N) is 3. The number of fused-ring (bicyclic) bond motifs is 1. The minimum absolute atomic E-state index is 0.0490. The number of carbonyl (C=O) groups excluding carboxylic acids is 6. The molecule has 53 heavy (non-hydrogen) atoms. The summed E-state index contributed by atoms with van der Waals surface area (Å²) in [4.78, 5) is 82.8. The van der Waals surface area contributed by atoms with Crippen LogP contribution in [0.2, 0.25) is 0 Å². The molecule has 17 heteroatoms. The zero-order chi connectivity index (χ0) is 38.9. The number of halogens is 1. The average molecular weight is 760 g/mol. The first-order chi connectivity index (χ1) is 24.9. The number of ether oxygens (including phenoxy) is 2. The predicted molar refractivity (Wildman–Crippen MR) is 188 cm³/mol. The number of nitrogens with zero attached hydrogens (tertiary/aromatic N) is 2. The molecule has 1 aromatic rings. The Bertz CT molecular complexity index is 1820. The van der Waals surface area contributed by atoms with Crippen LogP contribution in [0.1, 0.15) is 77.3 Å². The van der Waals surface area contributed by atoms with E-state index in [9.17, 15) is 41.6 Å². The Morgan fingerprint density at radius 2 is 1.85 bits per heavy atom. The summed E-state index contributed by atoms with van der Waals surface area (Å²) in [6.07, 6.45) is 1.77. The van der Waals surface area contributed by atoms with E-state index in [4.69, 9.17) is 9.47 Å². The van der Waals surface area contributed by atoms with Crippen molar-refractivity contribution in [2.24, 2.45) is 5.92 Å². The molecule has 0 spiro atoms. The fourth-order valence-electron chi connectivity index (χ4n) is 6.58. The molecule has 2 saturated carbocycles. The lowest BCUT2D eigenvalue weighted by Crippen LogP contribution is -2.58. The summed E-state index contributed by atoms with van der Waals surface area (Å²) >= 11 is 0. The number of rotatable bonds is 13. The van der Waals surface area contributed by atoms with Crippen LogP contribution in [0.3, 0.4) is 0 Å². The fraction of sp³-hybridized carbons (Fsp3) is 0.556. The monoisotopic (exact) mass is 759 g/mol. The Hall–Kier alpha value is -4.80. The number of benzene rings is 1. The summed E-state index contributed by atoms with van der Waals surface area (Å²) in [5.41, 5.74) is -1.64. The summed E-state index contributed by atoms with van der Waals surface area (Å²) in [6, 6.07) is 1.79. The zero-order valence-electron chi connectivity index (χ0n) is 30.2. The minimum atomic E-state index is -3.97. The molecule has 2 aliphatic carbocycles. The first-order valence-electron chi connectivity index (χ1n) is 17.6. The van der Waals surface area contributed by atoms with Gasteiger partial charge in [0, 0.05) is 30.9 Å². The van der Waals surface area contributed by atoms with Crippen LogP contribution in [0.4, 0.5) is 14.0 Å². The second-order valence-corrected chi connectivity index (χ2v) is 16.8. The lowest BCUT2D eigenvalue weighted by molar-refractivity contribution is -0.141. The maximum absolute atomic E-state index is 14.4. The normalized spacial score (nSPS) is 24.2. The van der Waals surface area contributed by atoms with Crippen LogP contribution in [-0.2, 0) is 51.8 Å². The van der Waals surface area contributed by atoms with Crippen molar-refractivity contribution in [1.29, 1.82) is 0 Å². The molecule has 0 aromatic heterocycles. The Morgan fingerprint density at radius 3 is 2.45 bits per heavy atom. The molecule has 1 aromatic carbocycles. The van der Waals surface area contributed by atoms with Gasteiger partial charge in [0.05, 0.1) is 18.3 Å². The number of hydrogen-bond acceptors (Lipinski definition) is 10. The SMILES string of the molecule is C=C[C@@H]1C[C@]1(NC(=O)C1CC(OC(=O)N2Cc3cccc(F)c3C2)CN1C(=O)[C@H](CCC(=O)/C=C/C)NC(=O)OC(C)(C)C)C(=O)NS(=O)(=O)C1CC1. The topological polar surface area (TPSA) is 198 Å². The molecule has 4 aliphatic rings. The molecule has 0 radical (unpaired) electrons. The molecule has 1 saturated heterocycles. The number of alkyl carbamates (subject to hydrolysis) is 1. The Balaban J connectivity index is 1.39. The third kappa shape index (κ3) is 9.23. The number of allylic oxidation sites excluding steroid dienone is 2. The quantitative estimate of drug-likeness (QED) is 0.199. The van der Waals surface area contributed by atoms with Gasteiger partial charge >= 0.3 is 12.2 Å². The van der Waals surface area contributed by atoms with Crippen molar-refractivity contribution in [2.75, 3.05) is 6.54 Å². The number of hydrogen-bond donors (Lipinski definition) is 3. The molecule has 3 N–H and O–H groups in total. The van der Waals surface area contributed by atoms with E-state index in [-0.39, 0.29) is 51.1 Å². The molecule has 5 rings (SSSR count). The highest BCUT2D eigenvalue weighted by molar-refractivity contribution is 7.91. The first kappa shape index (κ1) is 39.4. The molecular weight excluding hydrogens is 713 g/mol. The molecule has 3 fully saturated rings. The molecule has 288 valence electrons. The average Bonchev–Trinajstić information content (AvgIpc) is 3.96. The van der Waals surface area contributed by atoms with Crippen molar-refractivity contribution < 1.29 is 51.0 Å². The van der Waals surface area contributed by atoms with Crippen LogP contribution in [0.25, 0.3) is 0 Å². The lowest BCUT2D eigenvalue weighted by Gasteiger charge is -2.30. The fourth-order valence-corrected chi connectivity index (χ4v) is 7.95. The second-order valence-electron chi connectivity index (χ2n) is 14.9. The summed E-state index contributed by atoms with van der Waals surface area (Å²) in [6.45, 7) is 9.95. The van der Waals surface area contributed by atoms with E-state index in [1.807, 2.05) is 0 Å². The maximum Gasteiger partial charge on any atom is 0.410 e. The van der Waals surface area contributed by atoms with E-state index in [1.54, 1.807) is 33.8 Å². The van der Waals surface area contributed by atoms with Crippen molar-refractivity contribution in [3.05, 3.63) is 60.0 Å². The Labute approximate surface area is 307 Å². The molecule has 2 unspecified atom stereocenters. The van der Waals surface area contributed by atoms with Gasteiger partial charge in [-0.05, 0) is 71.1 Å². The number of amides is 5. The molecule has 0 bridgehead atoms. The van der Waals surface area contributed by atoms with Gasteiger partial charge < -0.3 is 25.0 Å². The molecule has 2 heterocycles. The van der Waals surface area contributed by atoms with Crippen molar-refractivity contribution in [3.8, 4) is 0 Å². The van der Waals surface area contributed by atoms with Crippen molar-refractivity contribution >= 4 is 45.7 Å². The third-order valence-corrected chi connectivity index (χ3v) is 11.4. The van der Waals surface area contributed by atoms with Crippen molar-refractivity contribution in [3.63, 3.8) is 0 Å². The standard InChI is InChI=1S/C36H46FN5O10S/c1-6-9-23(43)12-15-28(38-33(47)52-35(3,4)5)31(45)42-19-24(51-34(48)41-18-21-10-8-11-27(37)26(21)20-41)16-29(42)30(44)39-36(17-22(36)7-2)32(46)40-53(49,50)25-13-14-25/h6-11,22,24-25,28-29H,2,12-20H2,1,3-5H3,(H,38,47)(H,39,44)(H,40,46)/b9-6+/t22-,24?,28+,29?,36-/m1/s1. The predicted octanol–water partition coefficient (Wildman–Crippen LogP) is 2.74. The Morgan fingerprint density at radius 1 is 1.13 bits per heavy atom. The van der Waals surface area contributed by atoms with Crippen LogP contribution in [0.5, 0.6) is 0 Å². The van der Waals surface area contributed by atoms with Gasteiger partial charge in [0.2, 0.25) is 21.8 Å². The van der Waals surface area contributed by atoms with E-state index in [2.05, 4.69) is 21.9 Å². The van der Waals surface area contributed by atoms with Gasteiger partial charge in [-0.15, -0.1) is 6.58 Å². The summed E-state index contributed by atoms with van der Waals surface area (Å²) < 4.78 is 52.9. The third-order valence-electron chi connectivity index (χ3n) is 9.57. The van der Waals surface area contributed by atoms with Gasteiger partial charge in [0.25, 0.3) is 5.91 Å². The Kier molecular flexibility index (Phi) is 11.4. The van der Waals surface area contributed by atoms with E-state index in [0.29, 0.717) is 24.0 Å². The number of likely N-dealkylation sites (tertiary alicyclic amines) is 1. The lowest BCUT2D eigenvalue weighted by atomic mass is 10.1. The van der Waals surface area contributed by atoms with Crippen LogP contribution >= 0.6 is 0 Å². The van der Waals surface area contributed by atoms with Crippen molar-refractivity contribution in [1.82, 2.24) is 25.2 Å². The van der Waals surface area contributed by atoms with E-state index in [0.717, 1.165) is 4.90 Å². The first-order valence-corrected chi connectivity index (χ1v) is 19.1. The highest BCUT2D eigenvalue weighted by Gasteiger charge is 2.62. The highest BCUT2D eigenvalue weighted by atomic mass is 32.2. The second kappa shape index (κ2) is 15.3. The molecule has 2 aliphatic heterocycles. The molecule has 5 atom stereocenters. The van der Waals surface area contributed by atoms with Crippen LogP contribution < -0.4 is 15.4 Å². The summed E-state index contributed by atoms with van der Waals surface area (Å²) in [7, 11) is -3.97.